The van der Waals surface area contributed by atoms with Crippen molar-refractivity contribution in [2.45, 2.75) is 32.8 Å². The number of ether oxygens (including phenoxy) is 1. The van der Waals surface area contributed by atoms with E-state index in [0.717, 1.165) is 12.3 Å². The van der Waals surface area contributed by atoms with Crippen LogP contribution in [0, 0.1) is 0 Å². The summed E-state index contributed by atoms with van der Waals surface area (Å²) in [5.74, 6) is 1.59. The van der Waals surface area contributed by atoms with Crippen LogP contribution in [-0.4, -0.2) is 19.7 Å². The molecule has 2 heteroatoms. The molecule has 2 rings (SSSR count). The van der Waals surface area contributed by atoms with Crippen LogP contribution in [0.15, 0.2) is 18.2 Å². The maximum atomic E-state index is 5.95. The lowest BCUT2D eigenvalue weighted by Crippen LogP contribution is -2.36. The summed E-state index contributed by atoms with van der Waals surface area (Å²) < 4.78 is 5.95. The fourth-order valence-corrected chi connectivity index (χ4v) is 2.15. The van der Waals surface area contributed by atoms with Crippen LogP contribution in [0.1, 0.15) is 32.3 Å². The summed E-state index contributed by atoms with van der Waals surface area (Å²) in [4.78, 5) is 2.27. The summed E-state index contributed by atoms with van der Waals surface area (Å²) in [6.45, 7) is 7.50. The zero-order valence-electron chi connectivity index (χ0n) is 9.95. The molecule has 1 heterocycles. The Kier molecular flexibility index (Phi) is 2.59. The van der Waals surface area contributed by atoms with Crippen molar-refractivity contribution in [1.82, 2.24) is 0 Å². The van der Waals surface area contributed by atoms with E-state index >= 15 is 0 Å². The maximum Gasteiger partial charge on any atom is 0.146 e. The van der Waals surface area contributed by atoms with E-state index in [4.69, 9.17) is 4.74 Å². The first-order valence-electron chi connectivity index (χ1n) is 5.60. The topological polar surface area (TPSA) is 12.5 Å². The van der Waals surface area contributed by atoms with E-state index in [1.165, 1.54) is 11.3 Å². The average molecular weight is 205 g/mol. The molecule has 0 aromatic heterocycles. The minimum atomic E-state index is 0.280. The maximum absolute atomic E-state index is 5.95. The molecule has 1 aromatic rings. The second-order valence-electron chi connectivity index (χ2n) is 4.66. The average Bonchev–Trinajstić information content (AvgIpc) is 2.16. The normalized spacial score (nSPS) is 20.1. The molecule has 0 spiro atoms. The Morgan fingerprint density at radius 2 is 2.13 bits per heavy atom. The standard InChI is InChI=1S/C13H19NO/c1-9(2)11-6-5-7-12-13(11)15-10(3)8-14(12)4/h5-7,9-10H,8H2,1-4H3. The largest absolute Gasteiger partial charge is 0.486 e. The molecule has 0 radical (unpaired) electrons. The predicted molar refractivity (Wildman–Crippen MR) is 63.9 cm³/mol. The Balaban J connectivity index is 2.49. The van der Waals surface area contributed by atoms with Crippen LogP contribution in [0.4, 0.5) is 5.69 Å². The van der Waals surface area contributed by atoms with E-state index in [1.807, 2.05) is 0 Å². The van der Waals surface area contributed by atoms with E-state index in [-0.39, 0.29) is 6.10 Å². The minimum Gasteiger partial charge on any atom is -0.486 e. The van der Waals surface area contributed by atoms with E-state index in [9.17, 15) is 0 Å². The lowest BCUT2D eigenvalue weighted by Gasteiger charge is -2.34. The first kappa shape index (κ1) is 10.3. The van der Waals surface area contributed by atoms with Crippen molar-refractivity contribution in [3.63, 3.8) is 0 Å². The second-order valence-corrected chi connectivity index (χ2v) is 4.66. The molecule has 1 aliphatic rings. The number of fused-ring (bicyclic) bond motifs is 1. The zero-order chi connectivity index (χ0) is 11.0. The molecule has 0 aliphatic carbocycles. The van der Waals surface area contributed by atoms with Crippen LogP contribution in [0.3, 0.4) is 0 Å². The molecule has 0 amide bonds. The molecule has 82 valence electrons. The summed E-state index contributed by atoms with van der Waals surface area (Å²) in [6, 6.07) is 6.41. The van der Waals surface area contributed by atoms with Gasteiger partial charge in [0.25, 0.3) is 0 Å². The fourth-order valence-electron chi connectivity index (χ4n) is 2.15. The number of nitrogens with zero attached hydrogens (tertiary/aromatic N) is 1. The predicted octanol–water partition coefficient (Wildman–Crippen LogP) is 3.03. The molecule has 1 aromatic carbocycles. The van der Waals surface area contributed by atoms with E-state index < -0.39 is 0 Å². The van der Waals surface area contributed by atoms with Gasteiger partial charge in [-0.15, -0.1) is 0 Å². The number of likely N-dealkylation sites (N-methyl/N-ethyl adjacent to an activating group) is 1. The van der Waals surface area contributed by atoms with Gasteiger partial charge in [0.15, 0.2) is 0 Å². The van der Waals surface area contributed by atoms with Crippen molar-refractivity contribution in [2.24, 2.45) is 0 Å². The summed E-state index contributed by atoms with van der Waals surface area (Å²) >= 11 is 0. The lowest BCUT2D eigenvalue weighted by atomic mass is 10.00. The summed E-state index contributed by atoms with van der Waals surface area (Å²) in [6.07, 6.45) is 0.280. The first-order chi connectivity index (χ1) is 7.09. The minimum absolute atomic E-state index is 0.280. The third-order valence-corrected chi connectivity index (χ3v) is 2.91. The van der Waals surface area contributed by atoms with Crippen LogP contribution >= 0.6 is 0 Å². The van der Waals surface area contributed by atoms with Crippen LogP contribution in [0.5, 0.6) is 5.75 Å². The molecule has 1 unspecified atom stereocenters. The third kappa shape index (κ3) is 1.81. The van der Waals surface area contributed by atoms with Crippen LogP contribution in [0.2, 0.25) is 0 Å². The van der Waals surface area contributed by atoms with Crippen molar-refractivity contribution in [3.8, 4) is 5.75 Å². The summed E-state index contributed by atoms with van der Waals surface area (Å²) in [5, 5.41) is 0. The van der Waals surface area contributed by atoms with Gasteiger partial charge in [-0.3, -0.25) is 0 Å². The summed E-state index contributed by atoms with van der Waals surface area (Å²) in [7, 11) is 2.13. The van der Waals surface area contributed by atoms with Gasteiger partial charge in [0.2, 0.25) is 0 Å². The highest BCUT2D eigenvalue weighted by atomic mass is 16.5. The van der Waals surface area contributed by atoms with Crippen LogP contribution in [0.25, 0.3) is 0 Å². The van der Waals surface area contributed by atoms with E-state index in [1.54, 1.807) is 0 Å². The molecule has 0 N–H and O–H groups in total. The molecule has 2 nitrogen and oxygen atoms in total. The zero-order valence-corrected chi connectivity index (χ0v) is 9.95. The molecule has 1 atom stereocenters. The Bertz CT molecular complexity index is 345. The van der Waals surface area contributed by atoms with Crippen molar-refractivity contribution in [3.05, 3.63) is 23.8 Å². The van der Waals surface area contributed by atoms with Crippen molar-refractivity contribution >= 4 is 5.69 Å². The Morgan fingerprint density at radius 3 is 2.80 bits per heavy atom. The molecule has 0 fully saturated rings. The highest BCUT2D eigenvalue weighted by molar-refractivity contribution is 5.63. The van der Waals surface area contributed by atoms with E-state index in [0.29, 0.717) is 5.92 Å². The molecule has 1 aliphatic heterocycles. The highest BCUT2D eigenvalue weighted by Gasteiger charge is 2.23. The van der Waals surface area contributed by atoms with Gasteiger partial charge in [0.1, 0.15) is 11.9 Å². The number of benzene rings is 1. The highest BCUT2D eigenvalue weighted by Crippen LogP contribution is 2.38. The number of hydrogen-bond acceptors (Lipinski definition) is 2. The molecule has 15 heavy (non-hydrogen) atoms. The van der Waals surface area contributed by atoms with Gasteiger partial charge in [-0.1, -0.05) is 26.0 Å². The van der Waals surface area contributed by atoms with Crippen LogP contribution in [-0.2, 0) is 0 Å². The molecule has 0 saturated heterocycles. The smallest absolute Gasteiger partial charge is 0.146 e. The van der Waals surface area contributed by atoms with Crippen molar-refractivity contribution < 1.29 is 4.74 Å². The molecular formula is C13H19NO. The fraction of sp³-hybridized carbons (Fsp3) is 0.538. The van der Waals surface area contributed by atoms with Crippen LogP contribution < -0.4 is 9.64 Å². The van der Waals surface area contributed by atoms with Gasteiger partial charge in [-0.05, 0) is 24.5 Å². The van der Waals surface area contributed by atoms with Gasteiger partial charge in [0, 0.05) is 7.05 Å². The quantitative estimate of drug-likeness (QED) is 0.698. The third-order valence-electron chi connectivity index (χ3n) is 2.91. The van der Waals surface area contributed by atoms with Gasteiger partial charge >= 0.3 is 0 Å². The number of rotatable bonds is 1. The Morgan fingerprint density at radius 1 is 1.40 bits per heavy atom. The SMILES string of the molecule is CC1CN(C)c2cccc(C(C)C)c2O1. The Labute approximate surface area is 91.9 Å². The summed E-state index contributed by atoms with van der Waals surface area (Å²) in [5.41, 5.74) is 2.53. The van der Waals surface area contributed by atoms with Gasteiger partial charge in [-0.2, -0.15) is 0 Å². The molecule has 0 bridgehead atoms. The van der Waals surface area contributed by atoms with E-state index in [2.05, 4.69) is 50.9 Å². The van der Waals surface area contributed by atoms with Gasteiger partial charge in [0.05, 0.1) is 12.2 Å². The number of hydrogen-bond donors (Lipinski definition) is 0. The van der Waals surface area contributed by atoms with Gasteiger partial charge < -0.3 is 9.64 Å². The van der Waals surface area contributed by atoms with Crippen molar-refractivity contribution in [2.75, 3.05) is 18.5 Å². The lowest BCUT2D eigenvalue weighted by molar-refractivity contribution is 0.212. The monoisotopic (exact) mass is 205 g/mol. The Hall–Kier alpha value is -1.18. The first-order valence-corrected chi connectivity index (χ1v) is 5.60. The second kappa shape index (κ2) is 3.76. The molecule has 0 saturated carbocycles. The van der Waals surface area contributed by atoms with Crippen molar-refractivity contribution in [1.29, 1.82) is 0 Å². The number of anilines is 1. The molecular weight excluding hydrogens is 186 g/mol. The van der Waals surface area contributed by atoms with Gasteiger partial charge in [-0.25, -0.2) is 0 Å². The number of para-hydroxylation sites is 1.